The van der Waals surface area contributed by atoms with Crippen molar-refractivity contribution < 1.29 is 4.74 Å². The van der Waals surface area contributed by atoms with Gasteiger partial charge in [0.2, 0.25) is 5.95 Å². The van der Waals surface area contributed by atoms with Gasteiger partial charge in [-0.15, -0.1) is 0 Å². The molecule has 1 aromatic heterocycles. The topological polar surface area (TPSA) is 73.1 Å². The molecule has 0 saturated heterocycles. The van der Waals surface area contributed by atoms with Gasteiger partial charge in [0.1, 0.15) is 12.4 Å². The summed E-state index contributed by atoms with van der Waals surface area (Å²) in [5, 5.41) is 3.17. The van der Waals surface area contributed by atoms with Gasteiger partial charge in [0, 0.05) is 23.6 Å². The molecule has 0 aliphatic rings. The van der Waals surface area contributed by atoms with E-state index in [1.165, 1.54) is 0 Å². The van der Waals surface area contributed by atoms with E-state index >= 15 is 0 Å². The first-order valence-electron chi connectivity index (χ1n) is 6.19. The molecule has 5 heteroatoms. The standard InChI is InChI=1S/C14H18N4O/c1-10-9-11(2)17-14(16-10)18-12-3-5-13(6-4-12)19-8-7-15/h3-6,9H,7-8,15H2,1-2H3,(H,16,17,18). The predicted octanol–water partition coefficient (Wildman–Crippen LogP) is 2.17. The largest absolute Gasteiger partial charge is 0.492 e. The lowest BCUT2D eigenvalue weighted by atomic mass is 10.3. The molecule has 5 nitrogen and oxygen atoms in total. The summed E-state index contributed by atoms with van der Waals surface area (Å²) in [7, 11) is 0. The molecule has 19 heavy (non-hydrogen) atoms. The molecule has 0 radical (unpaired) electrons. The number of hydrogen-bond acceptors (Lipinski definition) is 5. The van der Waals surface area contributed by atoms with Crippen LogP contribution in [-0.4, -0.2) is 23.1 Å². The second-order valence-corrected chi connectivity index (χ2v) is 4.26. The van der Waals surface area contributed by atoms with E-state index in [0.29, 0.717) is 19.1 Å². The molecule has 3 N–H and O–H groups in total. The highest BCUT2D eigenvalue weighted by Crippen LogP contribution is 2.18. The molecule has 100 valence electrons. The molecule has 0 unspecified atom stereocenters. The lowest BCUT2D eigenvalue weighted by molar-refractivity contribution is 0.328. The maximum absolute atomic E-state index is 5.41. The molecule has 0 aliphatic heterocycles. The minimum Gasteiger partial charge on any atom is -0.492 e. The first-order chi connectivity index (χ1) is 9.17. The molecule has 1 aromatic carbocycles. The van der Waals surface area contributed by atoms with E-state index in [1.807, 2.05) is 44.2 Å². The molecule has 0 fully saturated rings. The number of hydrogen-bond donors (Lipinski definition) is 2. The Morgan fingerprint density at radius 3 is 2.32 bits per heavy atom. The summed E-state index contributed by atoms with van der Waals surface area (Å²) in [6.45, 7) is 4.93. The molecular weight excluding hydrogens is 240 g/mol. The quantitative estimate of drug-likeness (QED) is 0.860. The summed E-state index contributed by atoms with van der Waals surface area (Å²) in [4.78, 5) is 8.66. The Labute approximate surface area is 112 Å². The Morgan fingerprint density at radius 2 is 1.74 bits per heavy atom. The number of nitrogens with one attached hydrogen (secondary N) is 1. The molecule has 0 saturated carbocycles. The van der Waals surface area contributed by atoms with E-state index in [9.17, 15) is 0 Å². The van der Waals surface area contributed by atoms with Crippen molar-refractivity contribution in [3.05, 3.63) is 41.7 Å². The van der Waals surface area contributed by atoms with Crippen LogP contribution in [0.5, 0.6) is 5.75 Å². The van der Waals surface area contributed by atoms with Gasteiger partial charge in [-0.3, -0.25) is 0 Å². The highest BCUT2D eigenvalue weighted by Gasteiger charge is 2.00. The fourth-order valence-corrected chi connectivity index (χ4v) is 1.72. The summed E-state index contributed by atoms with van der Waals surface area (Å²) in [6.07, 6.45) is 0. The van der Waals surface area contributed by atoms with Gasteiger partial charge in [0.05, 0.1) is 0 Å². The zero-order valence-electron chi connectivity index (χ0n) is 11.2. The molecule has 2 aromatic rings. The molecule has 0 atom stereocenters. The molecule has 2 rings (SSSR count). The van der Waals surface area contributed by atoms with Crippen LogP contribution in [-0.2, 0) is 0 Å². The van der Waals surface area contributed by atoms with Crippen molar-refractivity contribution in [3.63, 3.8) is 0 Å². The zero-order valence-corrected chi connectivity index (χ0v) is 11.2. The molecule has 0 spiro atoms. The van der Waals surface area contributed by atoms with Crippen molar-refractivity contribution in [2.24, 2.45) is 5.73 Å². The monoisotopic (exact) mass is 258 g/mol. The highest BCUT2D eigenvalue weighted by molar-refractivity contribution is 5.54. The second-order valence-electron chi connectivity index (χ2n) is 4.26. The van der Waals surface area contributed by atoms with E-state index in [4.69, 9.17) is 10.5 Å². The summed E-state index contributed by atoms with van der Waals surface area (Å²) in [5.74, 6) is 1.41. The van der Waals surface area contributed by atoms with E-state index in [2.05, 4.69) is 15.3 Å². The summed E-state index contributed by atoms with van der Waals surface area (Å²) < 4.78 is 5.41. The van der Waals surface area contributed by atoms with Crippen LogP contribution in [0.15, 0.2) is 30.3 Å². The lowest BCUT2D eigenvalue weighted by Gasteiger charge is -2.08. The van der Waals surface area contributed by atoms with Crippen molar-refractivity contribution in [1.82, 2.24) is 9.97 Å². The van der Waals surface area contributed by atoms with Crippen LogP contribution < -0.4 is 15.8 Å². The van der Waals surface area contributed by atoms with Gasteiger partial charge >= 0.3 is 0 Å². The maximum Gasteiger partial charge on any atom is 0.227 e. The van der Waals surface area contributed by atoms with Crippen LogP contribution >= 0.6 is 0 Å². The van der Waals surface area contributed by atoms with Crippen molar-refractivity contribution in [3.8, 4) is 5.75 Å². The third-order valence-electron chi connectivity index (χ3n) is 2.48. The number of ether oxygens (including phenoxy) is 1. The third-order valence-corrected chi connectivity index (χ3v) is 2.48. The fourth-order valence-electron chi connectivity index (χ4n) is 1.72. The van der Waals surface area contributed by atoms with Gasteiger partial charge in [0.25, 0.3) is 0 Å². The van der Waals surface area contributed by atoms with Crippen LogP contribution in [0.4, 0.5) is 11.6 Å². The van der Waals surface area contributed by atoms with Crippen molar-refractivity contribution in [2.75, 3.05) is 18.5 Å². The van der Waals surface area contributed by atoms with E-state index in [-0.39, 0.29) is 0 Å². The third kappa shape index (κ3) is 3.93. The molecular formula is C14H18N4O. The Hall–Kier alpha value is -2.14. The highest BCUT2D eigenvalue weighted by atomic mass is 16.5. The van der Waals surface area contributed by atoms with Gasteiger partial charge in [-0.2, -0.15) is 0 Å². The molecule has 0 aliphatic carbocycles. The second kappa shape index (κ2) is 6.15. The van der Waals surface area contributed by atoms with Crippen molar-refractivity contribution in [2.45, 2.75) is 13.8 Å². The van der Waals surface area contributed by atoms with Gasteiger partial charge in [-0.1, -0.05) is 0 Å². The van der Waals surface area contributed by atoms with Crippen molar-refractivity contribution >= 4 is 11.6 Å². The van der Waals surface area contributed by atoms with Gasteiger partial charge in [0.15, 0.2) is 0 Å². The number of benzene rings is 1. The maximum atomic E-state index is 5.41. The first-order valence-corrected chi connectivity index (χ1v) is 6.19. The Balaban J connectivity index is 2.06. The summed E-state index contributed by atoms with van der Waals surface area (Å²) >= 11 is 0. The fraction of sp³-hybridized carbons (Fsp3) is 0.286. The average molecular weight is 258 g/mol. The SMILES string of the molecule is Cc1cc(C)nc(Nc2ccc(OCCN)cc2)n1. The van der Waals surface area contributed by atoms with Crippen LogP contribution in [0, 0.1) is 13.8 Å². The van der Waals surface area contributed by atoms with Gasteiger partial charge in [-0.05, 0) is 44.2 Å². The van der Waals surface area contributed by atoms with Crippen LogP contribution in [0.25, 0.3) is 0 Å². The normalized spacial score (nSPS) is 10.3. The zero-order chi connectivity index (χ0) is 13.7. The van der Waals surface area contributed by atoms with Crippen LogP contribution in [0.1, 0.15) is 11.4 Å². The Bertz CT molecular complexity index is 519. The van der Waals surface area contributed by atoms with Crippen LogP contribution in [0.2, 0.25) is 0 Å². The molecule has 0 amide bonds. The smallest absolute Gasteiger partial charge is 0.227 e. The number of aryl methyl sites for hydroxylation is 2. The number of anilines is 2. The Kier molecular flexibility index (Phi) is 4.30. The lowest BCUT2D eigenvalue weighted by Crippen LogP contribution is -2.10. The van der Waals surface area contributed by atoms with E-state index in [1.54, 1.807) is 0 Å². The minimum absolute atomic E-state index is 0.510. The number of rotatable bonds is 5. The predicted molar refractivity (Wildman–Crippen MR) is 75.8 cm³/mol. The minimum atomic E-state index is 0.510. The van der Waals surface area contributed by atoms with E-state index < -0.39 is 0 Å². The van der Waals surface area contributed by atoms with Gasteiger partial charge in [-0.25, -0.2) is 9.97 Å². The number of nitrogens with zero attached hydrogens (tertiary/aromatic N) is 2. The molecule has 0 bridgehead atoms. The number of aromatic nitrogens is 2. The summed E-state index contributed by atoms with van der Waals surface area (Å²) in [5.41, 5.74) is 8.19. The van der Waals surface area contributed by atoms with Crippen molar-refractivity contribution in [1.29, 1.82) is 0 Å². The number of nitrogens with two attached hydrogens (primary N) is 1. The van der Waals surface area contributed by atoms with Crippen LogP contribution in [0.3, 0.4) is 0 Å². The van der Waals surface area contributed by atoms with Gasteiger partial charge < -0.3 is 15.8 Å². The summed E-state index contributed by atoms with van der Waals surface area (Å²) in [6, 6.07) is 9.57. The Morgan fingerprint density at radius 1 is 1.11 bits per heavy atom. The molecule has 1 heterocycles. The average Bonchev–Trinajstić information content (AvgIpc) is 2.37. The first kappa shape index (κ1) is 13.3. The van der Waals surface area contributed by atoms with E-state index in [0.717, 1.165) is 22.8 Å².